The molecule has 2 rings (SSSR count). The maximum Gasteiger partial charge on any atom is 0.333 e. The van der Waals surface area contributed by atoms with Crippen LogP contribution in [0.1, 0.15) is 33.1 Å². The van der Waals surface area contributed by atoms with Gasteiger partial charge in [0.05, 0.1) is 11.5 Å². The summed E-state index contributed by atoms with van der Waals surface area (Å²) in [6, 6.07) is 5.14. The van der Waals surface area contributed by atoms with Crippen molar-refractivity contribution in [3.8, 4) is 5.75 Å². The second-order valence-corrected chi connectivity index (χ2v) is 5.52. The Hall–Kier alpha value is -2.31. The highest BCUT2D eigenvalue weighted by Crippen LogP contribution is 2.38. The zero-order valence-corrected chi connectivity index (χ0v) is 13.6. The van der Waals surface area contributed by atoms with Crippen molar-refractivity contribution in [2.45, 2.75) is 39.2 Å². The maximum atomic E-state index is 11.6. The van der Waals surface area contributed by atoms with E-state index in [0.717, 1.165) is 19.4 Å². The first kappa shape index (κ1) is 17.1. The van der Waals surface area contributed by atoms with E-state index >= 15 is 0 Å². The molecule has 0 radical (unpaired) electrons. The van der Waals surface area contributed by atoms with Crippen molar-refractivity contribution in [1.29, 1.82) is 0 Å². The molecule has 0 saturated carbocycles. The molecule has 1 heterocycles. The SMILES string of the molecule is CCOc1cccc(N2CCCC(NC(=O)CC)C2)c1[N+](=O)[O-]. The van der Waals surface area contributed by atoms with Crippen molar-refractivity contribution < 1.29 is 14.5 Å². The molecule has 7 heteroatoms. The number of hydrogen-bond acceptors (Lipinski definition) is 5. The van der Waals surface area contributed by atoms with Gasteiger partial charge < -0.3 is 15.0 Å². The monoisotopic (exact) mass is 321 g/mol. The molecular formula is C16H23N3O4. The van der Waals surface area contributed by atoms with Gasteiger partial charge in [-0.25, -0.2) is 0 Å². The molecule has 0 bridgehead atoms. The van der Waals surface area contributed by atoms with Crippen LogP contribution in [0.2, 0.25) is 0 Å². The molecule has 1 atom stereocenters. The van der Waals surface area contributed by atoms with Crippen LogP contribution in [0.25, 0.3) is 0 Å². The molecule has 23 heavy (non-hydrogen) atoms. The van der Waals surface area contributed by atoms with E-state index in [2.05, 4.69) is 5.32 Å². The van der Waals surface area contributed by atoms with Gasteiger partial charge in [0.1, 0.15) is 5.69 Å². The van der Waals surface area contributed by atoms with E-state index in [0.29, 0.717) is 25.3 Å². The Morgan fingerprint density at radius 1 is 1.48 bits per heavy atom. The minimum absolute atomic E-state index is 0.00295. The Bertz CT molecular complexity index is 576. The lowest BCUT2D eigenvalue weighted by Gasteiger charge is -2.34. The quantitative estimate of drug-likeness (QED) is 0.643. The van der Waals surface area contributed by atoms with Gasteiger partial charge in [0.15, 0.2) is 5.75 Å². The second kappa shape index (κ2) is 7.80. The molecule has 1 fully saturated rings. The summed E-state index contributed by atoms with van der Waals surface area (Å²) >= 11 is 0. The van der Waals surface area contributed by atoms with Crippen molar-refractivity contribution in [2.24, 2.45) is 0 Å². The molecule has 0 aliphatic carbocycles. The Morgan fingerprint density at radius 2 is 2.26 bits per heavy atom. The number of amides is 1. The number of hydrogen-bond donors (Lipinski definition) is 1. The molecule has 1 aliphatic rings. The van der Waals surface area contributed by atoms with Crippen LogP contribution in [0.5, 0.6) is 5.75 Å². The lowest BCUT2D eigenvalue weighted by Crippen LogP contribution is -2.47. The van der Waals surface area contributed by atoms with E-state index in [-0.39, 0.29) is 23.4 Å². The molecule has 0 aromatic heterocycles. The number of anilines is 1. The van der Waals surface area contributed by atoms with Gasteiger partial charge in [0, 0.05) is 25.6 Å². The molecule has 1 unspecified atom stereocenters. The molecule has 1 saturated heterocycles. The van der Waals surface area contributed by atoms with Gasteiger partial charge in [-0.3, -0.25) is 14.9 Å². The average molecular weight is 321 g/mol. The minimum Gasteiger partial charge on any atom is -0.487 e. The Morgan fingerprint density at radius 3 is 2.91 bits per heavy atom. The van der Waals surface area contributed by atoms with Crippen molar-refractivity contribution >= 4 is 17.3 Å². The lowest BCUT2D eigenvalue weighted by molar-refractivity contribution is -0.385. The number of nitro groups is 1. The van der Waals surface area contributed by atoms with E-state index in [9.17, 15) is 14.9 Å². The number of rotatable bonds is 6. The van der Waals surface area contributed by atoms with Crippen LogP contribution in [0, 0.1) is 10.1 Å². The summed E-state index contributed by atoms with van der Waals surface area (Å²) in [4.78, 5) is 24.6. The topological polar surface area (TPSA) is 84.7 Å². The minimum atomic E-state index is -0.394. The molecular weight excluding hydrogens is 298 g/mol. The largest absolute Gasteiger partial charge is 0.487 e. The smallest absolute Gasteiger partial charge is 0.333 e. The predicted octanol–water partition coefficient (Wildman–Crippen LogP) is 2.49. The molecule has 1 aromatic rings. The third-order valence-electron chi connectivity index (χ3n) is 3.91. The maximum absolute atomic E-state index is 11.6. The van der Waals surface area contributed by atoms with Crippen LogP contribution in [0.3, 0.4) is 0 Å². The van der Waals surface area contributed by atoms with Crippen LogP contribution in [-0.2, 0) is 4.79 Å². The van der Waals surface area contributed by atoms with E-state index < -0.39 is 4.92 Å². The van der Waals surface area contributed by atoms with E-state index in [4.69, 9.17) is 4.74 Å². The first-order chi connectivity index (χ1) is 11.1. The molecule has 126 valence electrons. The summed E-state index contributed by atoms with van der Waals surface area (Å²) < 4.78 is 5.40. The van der Waals surface area contributed by atoms with Crippen molar-refractivity contribution in [1.82, 2.24) is 5.32 Å². The number of carbonyl (C=O) groups excluding carboxylic acids is 1. The standard InChI is InChI=1S/C16H23N3O4/c1-3-15(20)17-12-7-6-10-18(11-12)13-8-5-9-14(23-4-2)16(13)19(21)22/h5,8-9,12H,3-4,6-7,10-11H2,1-2H3,(H,17,20). The molecule has 1 N–H and O–H groups in total. The van der Waals surface area contributed by atoms with Gasteiger partial charge in [-0.05, 0) is 31.9 Å². The van der Waals surface area contributed by atoms with Gasteiger partial charge >= 0.3 is 5.69 Å². The number of nitrogens with one attached hydrogen (secondary N) is 1. The Kier molecular flexibility index (Phi) is 5.78. The van der Waals surface area contributed by atoms with Gasteiger partial charge in [-0.2, -0.15) is 0 Å². The van der Waals surface area contributed by atoms with E-state index in [1.54, 1.807) is 25.1 Å². The summed E-state index contributed by atoms with van der Waals surface area (Å²) in [5, 5.41) is 14.5. The molecule has 1 aromatic carbocycles. The second-order valence-electron chi connectivity index (χ2n) is 5.52. The average Bonchev–Trinajstić information content (AvgIpc) is 2.55. The molecule has 7 nitrogen and oxygen atoms in total. The number of para-hydroxylation sites is 1. The van der Waals surface area contributed by atoms with Gasteiger partial charge in [0.25, 0.3) is 0 Å². The number of ether oxygens (including phenoxy) is 1. The van der Waals surface area contributed by atoms with E-state index in [1.807, 2.05) is 11.8 Å². The first-order valence-corrected chi connectivity index (χ1v) is 8.01. The Labute approximate surface area is 135 Å². The van der Waals surface area contributed by atoms with Gasteiger partial charge in [-0.15, -0.1) is 0 Å². The fourth-order valence-electron chi connectivity index (χ4n) is 2.86. The number of carbonyl (C=O) groups is 1. The number of nitrogens with zero attached hydrogens (tertiary/aromatic N) is 2. The number of piperidine rings is 1. The highest BCUT2D eigenvalue weighted by molar-refractivity contribution is 5.76. The number of benzene rings is 1. The summed E-state index contributed by atoms with van der Waals surface area (Å²) in [7, 11) is 0. The third-order valence-corrected chi connectivity index (χ3v) is 3.91. The number of nitro benzene ring substituents is 1. The summed E-state index contributed by atoms with van der Waals surface area (Å²) in [5.41, 5.74) is 0.549. The van der Waals surface area contributed by atoms with E-state index in [1.165, 1.54) is 0 Å². The van der Waals surface area contributed by atoms with Crippen molar-refractivity contribution in [3.63, 3.8) is 0 Å². The van der Waals surface area contributed by atoms with Crippen molar-refractivity contribution in [2.75, 3.05) is 24.6 Å². The predicted molar refractivity (Wildman–Crippen MR) is 87.9 cm³/mol. The molecule has 0 spiro atoms. The summed E-state index contributed by atoms with van der Waals surface area (Å²) in [6.07, 6.45) is 2.21. The Balaban J connectivity index is 2.24. The van der Waals surface area contributed by atoms with Gasteiger partial charge in [0.2, 0.25) is 5.91 Å². The lowest BCUT2D eigenvalue weighted by atomic mass is 10.0. The highest BCUT2D eigenvalue weighted by Gasteiger charge is 2.29. The fraction of sp³-hybridized carbons (Fsp3) is 0.562. The van der Waals surface area contributed by atoms with Crippen molar-refractivity contribution in [3.05, 3.63) is 28.3 Å². The molecule has 1 amide bonds. The van der Waals surface area contributed by atoms with Crippen LogP contribution < -0.4 is 15.0 Å². The van der Waals surface area contributed by atoms with Crippen LogP contribution in [0.15, 0.2) is 18.2 Å². The highest BCUT2D eigenvalue weighted by atomic mass is 16.6. The normalized spacial score (nSPS) is 17.7. The van der Waals surface area contributed by atoms with Crippen LogP contribution in [-0.4, -0.2) is 36.6 Å². The fourth-order valence-corrected chi connectivity index (χ4v) is 2.86. The first-order valence-electron chi connectivity index (χ1n) is 8.01. The zero-order chi connectivity index (χ0) is 16.8. The molecule has 1 aliphatic heterocycles. The van der Waals surface area contributed by atoms with Gasteiger partial charge in [-0.1, -0.05) is 13.0 Å². The summed E-state index contributed by atoms with van der Waals surface area (Å²) in [5.74, 6) is 0.295. The van der Waals surface area contributed by atoms with Crippen LogP contribution in [0.4, 0.5) is 11.4 Å². The van der Waals surface area contributed by atoms with Crippen LogP contribution >= 0.6 is 0 Å². The third kappa shape index (κ3) is 4.12. The zero-order valence-electron chi connectivity index (χ0n) is 13.6. The summed E-state index contributed by atoms with van der Waals surface area (Å²) in [6.45, 7) is 5.29.